The van der Waals surface area contributed by atoms with Gasteiger partial charge in [0.25, 0.3) is 0 Å². The topological polar surface area (TPSA) is 40.0 Å². The number of rotatable bonds is 12. The van der Waals surface area contributed by atoms with E-state index < -0.39 is 17.5 Å². The Balaban J connectivity index is 2.59. The van der Waals surface area contributed by atoms with Crippen LogP contribution >= 0.6 is 34.8 Å². The van der Waals surface area contributed by atoms with Crippen LogP contribution in [0.4, 0.5) is 13.2 Å². The summed E-state index contributed by atoms with van der Waals surface area (Å²) in [6, 6.07) is 2.10. The summed E-state index contributed by atoms with van der Waals surface area (Å²) >= 11 is 16.9. The molecule has 1 rings (SSSR count). The van der Waals surface area contributed by atoms with Crippen LogP contribution in [0.5, 0.6) is 11.5 Å². The average Bonchev–Trinajstić information content (AvgIpc) is 2.60. The van der Waals surface area contributed by atoms with Gasteiger partial charge in [-0.3, -0.25) is 0 Å². The van der Waals surface area contributed by atoms with E-state index in [2.05, 4.69) is 5.16 Å². The molecule has 0 unspecified atom stereocenters. The molecular weight excluding hydrogens is 454 g/mol. The maximum Gasteiger partial charge on any atom is 0.420 e. The summed E-state index contributed by atoms with van der Waals surface area (Å²) in [5.74, 6) is -0.473. The van der Waals surface area contributed by atoms with Crippen LogP contribution in [-0.4, -0.2) is 25.5 Å². The lowest BCUT2D eigenvalue weighted by molar-refractivity contribution is -0.139. The number of hydrogen-bond acceptors (Lipinski definition) is 4. The molecule has 0 aliphatic rings. The summed E-state index contributed by atoms with van der Waals surface area (Å²) in [5, 5.41) is 3.64. The van der Waals surface area contributed by atoms with Crippen LogP contribution < -0.4 is 9.47 Å². The van der Waals surface area contributed by atoms with E-state index in [4.69, 9.17) is 49.1 Å². The van der Waals surface area contributed by atoms with Gasteiger partial charge in [-0.15, -0.1) is 0 Å². The Labute approximate surface area is 183 Å². The molecule has 0 radical (unpaired) electrons. The smallest absolute Gasteiger partial charge is 0.420 e. The first-order valence-electron chi connectivity index (χ1n) is 8.92. The molecule has 0 N–H and O–H groups in total. The average molecular weight is 477 g/mol. The van der Waals surface area contributed by atoms with Gasteiger partial charge in [0.2, 0.25) is 0 Å². The van der Waals surface area contributed by atoms with Gasteiger partial charge < -0.3 is 14.3 Å². The standard InChI is InChI=1S/C19H23Cl3F3NO3/c1-13(2)26-29-9-6-4-3-5-8-28-18-15(19(23,24)25)11-14(12-16(18)20)27-10-7-17(21)22/h7,11-12H,3-6,8-10H2,1-2H3. The van der Waals surface area contributed by atoms with Gasteiger partial charge in [0.15, 0.2) is 0 Å². The molecule has 0 spiro atoms. The second kappa shape index (κ2) is 13.1. The third kappa shape index (κ3) is 10.9. The molecule has 29 heavy (non-hydrogen) atoms. The molecule has 0 saturated carbocycles. The minimum Gasteiger partial charge on any atom is -0.491 e. The van der Waals surface area contributed by atoms with Crippen molar-refractivity contribution in [1.82, 2.24) is 0 Å². The van der Waals surface area contributed by atoms with Crippen LogP contribution in [0.25, 0.3) is 0 Å². The minimum atomic E-state index is -4.65. The molecular formula is C19H23Cl3F3NO3. The van der Waals surface area contributed by atoms with Gasteiger partial charge >= 0.3 is 6.18 Å². The Morgan fingerprint density at radius 1 is 1.03 bits per heavy atom. The molecule has 0 aromatic heterocycles. The van der Waals surface area contributed by atoms with Crippen molar-refractivity contribution in [1.29, 1.82) is 0 Å². The van der Waals surface area contributed by atoms with Crippen molar-refractivity contribution in [3.8, 4) is 11.5 Å². The molecule has 10 heteroatoms. The van der Waals surface area contributed by atoms with Crippen LogP contribution in [0.1, 0.15) is 45.1 Å². The van der Waals surface area contributed by atoms with Gasteiger partial charge in [-0.05, 0) is 51.7 Å². The van der Waals surface area contributed by atoms with Gasteiger partial charge in [-0.1, -0.05) is 40.0 Å². The molecule has 1 aromatic rings. The number of alkyl halides is 3. The number of nitrogens with zero attached hydrogens (tertiary/aromatic N) is 1. The molecule has 0 atom stereocenters. The number of ether oxygens (including phenoxy) is 2. The molecule has 0 bridgehead atoms. The Morgan fingerprint density at radius 3 is 2.28 bits per heavy atom. The summed E-state index contributed by atoms with van der Waals surface area (Å²) in [6.07, 6.45) is -0.322. The fourth-order valence-corrected chi connectivity index (χ4v) is 2.57. The fourth-order valence-electron chi connectivity index (χ4n) is 2.18. The zero-order valence-corrected chi connectivity index (χ0v) is 18.4. The molecule has 0 saturated heterocycles. The second-order valence-corrected chi connectivity index (χ2v) is 7.63. The Morgan fingerprint density at radius 2 is 1.69 bits per heavy atom. The van der Waals surface area contributed by atoms with Crippen LogP contribution in [0, 0.1) is 0 Å². The number of halogens is 6. The Kier molecular flexibility index (Phi) is 11.6. The molecule has 0 amide bonds. The highest BCUT2D eigenvalue weighted by Crippen LogP contribution is 2.43. The number of hydrogen-bond donors (Lipinski definition) is 0. The van der Waals surface area contributed by atoms with E-state index in [1.807, 2.05) is 13.8 Å². The van der Waals surface area contributed by atoms with E-state index in [1.54, 1.807) is 0 Å². The molecule has 164 valence electrons. The van der Waals surface area contributed by atoms with Gasteiger partial charge in [-0.25, -0.2) is 0 Å². The van der Waals surface area contributed by atoms with Gasteiger partial charge in [0, 0.05) is 6.07 Å². The quantitative estimate of drug-likeness (QED) is 0.179. The lowest BCUT2D eigenvalue weighted by Gasteiger charge is -2.17. The Bertz CT molecular complexity index is 702. The largest absolute Gasteiger partial charge is 0.491 e. The molecule has 0 aliphatic heterocycles. The summed E-state index contributed by atoms with van der Waals surface area (Å²) in [6.45, 7) is 4.19. The predicted octanol–water partition coefficient (Wildman–Crippen LogP) is 7.41. The second-order valence-electron chi connectivity index (χ2n) is 6.22. The van der Waals surface area contributed by atoms with Crippen LogP contribution in [0.15, 0.2) is 27.9 Å². The first-order valence-corrected chi connectivity index (χ1v) is 10.0. The Hall–Kier alpha value is -1.31. The zero-order valence-electron chi connectivity index (χ0n) is 16.1. The maximum absolute atomic E-state index is 13.4. The monoisotopic (exact) mass is 475 g/mol. The fraction of sp³-hybridized carbons (Fsp3) is 0.526. The number of benzene rings is 1. The third-order valence-corrected chi connectivity index (χ3v) is 4.02. The lowest BCUT2D eigenvalue weighted by Crippen LogP contribution is -2.11. The maximum atomic E-state index is 13.4. The van der Waals surface area contributed by atoms with Crippen molar-refractivity contribution in [3.63, 3.8) is 0 Å². The molecule has 0 fully saturated rings. The molecule has 4 nitrogen and oxygen atoms in total. The molecule has 0 aliphatic carbocycles. The number of oxime groups is 1. The van der Waals surface area contributed by atoms with Crippen molar-refractivity contribution in [2.24, 2.45) is 5.16 Å². The van der Waals surface area contributed by atoms with E-state index >= 15 is 0 Å². The summed E-state index contributed by atoms with van der Waals surface area (Å²) in [4.78, 5) is 5.08. The van der Waals surface area contributed by atoms with E-state index in [1.165, 1.54) is 12.1 Å². The summed E-state index contributed by atoms with van der Waals surface area (Å²) in [7, 11) is 0. The first-order chi connectivity index (χ1) is 13.6. The normalized spacial score (nSPS) is 11.0. The predicted molar refractivity (Wildman–Crippen MR) is 110 cm³/mol. The van der Waals surface area contributed by atoms with Crippen molar-refractivity contribution in [2.45, 2.75) is 45.7 Å². The third-order valence-electron chi connectivity index (χ3n) is 3.43. The van der Waals surface area contributed by atoms with Crippen molar-refractivity contribution in [2.75, 3.05) is 19.8 Å². The highest BCUT2D eigenvalue weighted by atomic mass is 35.5. The van der Waals surface area contributed by atoms with Crippen molar-refractivity contribution < 1.29 is 27.5 Å². The van der Waals surface area contributed by atoms with Crippen LogP contribution in [0.3, 0.4) is 0 Å². The first kappa shape index (κ1) is 25.7. The van der Waals surface area contributed by atoms with Crippen LogP contribution in [0.2, 0.25) is 5.02 Å². The van der Waals surface area contributed by atoms with E-state index in [0.29, 0.717) is 13.0 Å². The van der Waals surface area contributed by atoms with E-state index in [0.717, 1.165) is 31.0 Å². The highest BCUT2D eigenvalue weighted by Gasteiger charge is 2.36. The molecule has 0 heterocycles. The van der Waals surface area contributed by atoms with Gasteiger partial charge in [0.05, 0.1) is 17.3 Å². The van der Waals surface area contributed by atoms with Gasteiger partial charge in [0.1, 0.15) is 34.8 Å². The van der Waals surface area contributed by atoms with Gasteiger partial charge in [-0.2, -0.15) is 13.2 Å². The molecule has 1 aromatic carbocycles. The summed E-state index contributed by atoms with van der Waals surface area (Å²) < 4.78 is 50.6. The summed E-state index contributed by atoms with van der Waals surface area (Å²) in [5.41, 5.74) is -0.159. The SMILES string of the molecule is CC(C)=NOCCCCCCOc1c(Cl)cc(OCC=C(Cl)Cl)cc1C(F)(F)F. The zero-order chi connectivity index (χ0) is 21.9. The number of unbranched alkanes of at least 4 members (excludes halogenated alkanes) is 3. The van der Waals surface area contributed by atoms with Crippen molar-refractivity contribution >= 4 is 40.5 Å². The minimum absolute atomic E-state index is 0.0492. The van der Waals surface area contributed by atoms with E-state index in [-0.39, 0.29) is 28.5 Å². The van der Waals surface area contributed by atoms with Crippen LogP contribution in [-0.2, 0) is 11.0 Å². The van der Waals surface area contributed by atoms with E-state index in [9.17, 15) is 13.2 Å². The van der Waals surface area contributed by atoms with Crippen molar-refractivity contribution in [3.05, 3.63) is 33.3 Å². The lowest BCUT2D eigenvalue weighted by atomic mass is 10.1. The highest BCUT2D eigenvalue weighted by molar-refractivity contribution is 6.55.